The first-order valence-corrected chi connectivity index (χ1v) is 10.7. The number of nitrogens with one attached hydrogen (secondary N) is 1. The Bertz CT molecular complexity index is 959. The van der Waals surface area contributed by atoms with Crippen molar-refractivity contribution in [2.24, 2.45) is 0 Å². The smallest absolute Gasteiger partial charge is 0.106 e. The van der Waals surface area contributed by atoms with Gasteiger partial charge in [-0.1, -0.05) is 82.3 Å². The molecule has 1 unspecified atom stereocenters. The largest absolute Gasteiger partial charge is 0.365 e. The molecule has 1 atom stereocenters. The summed E-state index contributed by atoms with van der Waals surface area (Å²) in [5.74, 6) is 0.890. The summed E-state index contributed by atoms with van der Waals surface area (Å²) in [6.07, 6.45) is 0.212. The van der Waals surface area contributed by atoms with Gasteiger partial charge in [0.2, 0.25) is 0 Å². The maximum Gasteiger partial charge on any atom is 0.106 e. The highest BCUT2D eigenvalue weighted by molar-refractivity contribution is 5.73. The molecule has 0 saturated heterocycles. The van der Waals surface area contributed by atoms with Gasteiger partial charge in [0, 0.05) is 12.2 Å². The van der Waals surface area contributed by atoms with E-state index in [1.165, 1.54) is 39.1 Å². The molecular formula is C27H32N2. The molecule has 29 heavy (non-hydrogen) atoms. The molecule has 0 fully saturated rings. The number of fused-ring (bicyclic) bond motifs is 1. The molecule has 0 amide bonds. The third-order valence-electron chi connectivity index (χ3n) is 6.04. The van der Waals surface area contributed by atoms with Gasteiger partial charge in [-0.25, -0.2) is 0 Å². The topological polar surface area (TPSA) is 15.3 Å². The van der Waals surface area contributed by atoms with Crippen molar-refractivity contribution in [1.82, 2.24) is 4.90 Å². The average Bonchev–Trinajstić information content (AvgIpc) is 3.03. The average molecular weight is 385 g/mol. The first-order valence-electron chi connectivity index (χ1n) is 10.7. The highest BCUT2D eigenvalue weighted by atomic mass is 15.3. The van der Waals surface area contributed by atoms with Crippen molar-refractivity contribution in [1.29, 1.82) is 0 Å². The van der Waals surface area contributed by atoms with Gasteiger partial charge in [-0.3, -0.25) is 4.90 Å². The molecule has 150 valence electrons. The van der Waals surface area contributed by atoms with E-state index in [2.05, 4.69) is 112 Å². The Morgan fingerprint density at radius 1 is 0.793 bits per heavy atom. The second-order valence-corrected chi connectivity index (χ2v) is 8.87. The van der Waals surface area contributed by atoms with Crippen LogP contribution in [0.5, 0.6) is 0 Å². The number of nitrogens with zero attached hydrogens (tertiary/aromatic N) is 1. The van der Waals surface area contributed by atoms with E-state index in [9.17, 15) is 0 Å². The second-order valence-electron chi connectivity index (χ2n) is 8.87. The molecule has 4 rings (SSSR count). The molecule has 1 aliphatic heterocycles. The summed E-state index contributed by atoms with van der Waals surface area (Å²) in [5.41, 5.74) is 9.51. The Morgan fingerprint density at radius 2 is 1.38 bits per heavy atom. The highest BCUT2D eigenvalue weighted by Gasteiger charge is 2.29. The van der Waals surface area contributed by atoms with E-state index < -0.39 is 0 Å². The minimum atomic E-state index is 0.212. The van der Waals surface area contributed by atoms with Gasteiger partial charge in [0.05, 0.1) is 0 Å². The summed E-state index contributed by atoms with van der Waals surface area (Å²) in [5, 5.41) is 3.95. The standard InChI is InChI=1S/C27H32N2/c1-18(2)24-15-22(20-11-7-6-8-12-20)16-25(19(3)4)26(24)28-27-23-14-10-9-13-21(23)17-29(27)5/h6-16,18-19,27-28H,17H2,1-5H3. The Kier molecular flexibility index (Phi) is 5.47. The summed E-state index contributed by atoms with van der Waals surface area (Å²) >= 11 is 0. The number of hydrogen-bond donors (Lipinski definition) is 1. The van der Waals surface area contributed by atoms with E-state index in [4.69, 9.17) is 0 Å². The van der Waals surface area contributed by atoms with Gasteiger partial charge in [-0.2, -0.15) is 0 Å². The fourth-order valence-corrected chi connectivity index (χ4v) is 4.43. The molecule has 2 heteroatoms. The predicted octanol–water partition coefficient (Wildman–Crippen LogP) is 7.16. The van der Waals surface area contributed by atoms with Crippen LogP contribution in [0.4, 0.5) is 5.69 Å². The fourth-order valence-electron chi connectivity index (χ4n) is 4.43. The molecule has 0 saturated carbocycles. The molecule has 0 aliphatic carbocycles. The molecule has 0 radical (unpaired) electrons. The molecule has 1 aliphatic rings. The van der Waals surface area contributed by atoms with Crippen molar-refractivity contribution in [3.8, 4) is 11.1 Å². The summed E-state index contributed by atoms with van der Waals surface area (Å²) in [6.45, 7) is 10.2. The molecule has 3 aromatic rings. The van der Waals surface area contributed by atoms with Gasteiger partial charge in [0.15, 0.2) is 0 Å². The molecule has 0 bridgehead atoms. The lowest BCUT2D eigenvalue weighted by molar-refractivity contribution is 0.293. The zero-order chi connectivity index (χ0) is 20.5. The molecular weight excluding hydrogens is 352 g/mol. The van der Waals surface area contributed by atoms with Gasteiger partial charge < -0.3 is 5.32 Å². The van der Waals surface area contributed by atoms with Crippen LogP contribution in [0.1, 0.15) is 68.0 Å². The van der Waals surface area contributed by atoms with Gasteiger partial charge in [-0.05, 0) is 64.4 Å². The first-order chi connectivity index (χ1) is 14.0. The van der Waals surface area contributed by atoms with Crippen molar-refractivity contribution < 1.29 is 0 Å². The van der Waals surface area contributed by atoms with Gasteiger partial charge in [-0.15, -0.1) is 0 Å². The first kappa shape index (κ1) is 19.7. The van der Waals surface area contributed by atoms with Crippen LogP contribution in [-0.2, 0) is 6.54 Å². The van der Waals surface area contributed by atoms with Crippen molar-refractivity contribution in [3.05, 3.63) is 89.0 Å². The molecule has 1 N–H and O–H groups in total. The summed E-state index contributed by atoms with van der Waals surface area (Å²) in [7, 11) is 2.21. The van der Waals surface area contributed by atoms with E-state index in [-0.39, 0.29) is 6.17 Å². The van der Waals surface area contributed by atoms with E-state index in [0.717, 1.165) is 6.54 Å². The lowest BCUT2D eigenvalue weighted by atomic mass is 9.88. The predicted molar refractivity (Wildman–Crippen MR) is 124 cm³/mol. The lowest BCUT2D eigenvalue weighted by Gasteiger charge is -2.29. The third kappa shape index (κ3) is 3.82. The quantitative estimate of drug-likeness (QED) is 0.502. The molecule has 0 spiro atoms. The van der Waals surface area contributed by atoms with E-state index in [1.54, 1.807) is 0 Å². The van der Waals surface area contributed by atoms with Gasteiger partial charge in [0.1, 0.15) is 6.17 Å². The lowest BCUT2D eigenvalue weighted by Crippen LogP contribution is -2.25. The Balaban J connectivity index is 1.82. The van der Waals surface area contributed by atoms with Gasteiger partial charge in [0.25, 0.3) is 0 Å². The van der Waals surface area contributed by atoms with Crippen LogP contribution in [0.25, 0.3) is 11.1 Å². The van der Waals surface area contributed by atoms with Crippen LogP contribution in [0.15, 0.2) is 66.7 Å². The van der Waals surface area contributed by atoms with E-state index >= 15 is 0 Å². The second kappa shape index (κ2) is 8.04. The van der Waals surface area contributed by atoms with Crippen LogP contribution in [0.3, 0.4) is 0 Å². The Morgan fingerprint density at radius 3 is 2.00 bits per heavy atom. The SMILES string of the molecule is CC(C)c1cc(-c2ccccc2)cc(C(C)C)c1NC1c2ccccc2CN1C. The highest BCUT2D eigenvalue weighted by Crippen LogP contribution is 2.41. The molecule has 3 aromatic carbocycles. The Hall–Kier alpha value is -2.58. The van der Waals surface area contributed by atoms with E-state index in [1.807, 2.05) is 0 Å². The van der Waals surface area contributed by atoms with Crippen LogP contribution < -0.4 is 5.32 Å². The van der Waals surface area contributed by atoms with Crippen molar-refractivity contribution in [2.45, 2.75) is 52.2 Å². The summed E-state index contributed by atoms with van der Waals surface area (Å²) < 4.78 is 0. The summed E-state index contributed by atoms with van der Waals surface area (Å²) in [4.78, 5) is 2.41. The summed E-state index contributed by atoms with van der Waals surface area (Å²) in [6, 6.07) is 24.3. The van der Waals surface area contributed by atoms with Gasteiger partial charge >= 0.3 is 0 Å². The minimum absolute atomic E-state index is 0.212. The number of hydrogen-bond acceptors (Lipinski definition) is 2. The third-order valence-corrected chi connectivity index (χ3v) is 6.04. The monoisotopic (exact) mass is 384 g/mol. The molecule has 0 aromatic heterocycles. The van der Waals surface area contributed by atoms with Crippen LogP contribution in [0.2, 0.25) is 0 Å². The zero-order valence-corrected chi connectivity index (χ0v) is 18.2. The maximum absolute atomic E-state index is 3.95. The normalized spacial score (nSPS) is 16.4. The zero-order valence-electron chi connectivity index (χ0n) is 18.2. The maximum atomic E-state index is 3.95. The van der Waals surface area contributed by atoms with Crippen molar-refractivity contribution in [3.63, 3.8) is 0 Å². The molecule has 1 heterocycles. The Labute approximate surface area is 175 Å². The minimum Gasteiger partial charge on any atom is -0.365 e. The van der Waals surface area contributed by atoms with Crippen molar-refractivity contribution >= 4 is 5.69 Å². The fraction of sp³-hybridized carbons (Fsp3) is 0.333. The number of benzene rings is 3. The number of anilines is 1. The number of rotatable bonds is 5. The molecule has 2 nitrogen and oxygen atoms in total. The van der Waals surface area contributed by atoms with Crippen LogP contribution >= 0.6 is 0 Å². The van der Waals surface area contributed by atoms with Crippen LogP contribution in [-0.4, -0.2) is 11.9 Å². The van der Waals surface area contributed by atoms with Crippen molar-refractivity contribution in [2.75, 3.05) is 12.4 Å². The van der Waals surface area contributed by atoms with Crippen LogP contribution in [0, 0.1) is 0 Å². The van der Waals surface area contributed by atoms with E-state index in [0.29, 0.717) is 11.8 Å².